The molecule has 0 bridgehead atoms. The summed E-state index contributed by atoms with van der Waals surface area (Å²) < 4.78 is 0. The van der Waals surface area contributed by atoms with Crippen LogP contribution >= 0.6 is 0 Å². The van der Waals surface area contributed by atoms with Crippen LogP contribution in [0, 0.1) is 0 Å². The summed E-state index contributed by atoms with van der Waals surface area (Å²) in [7, 11) is 0. The molecule has 0 radical (unpaired) electrons. The molecule has 6 heteroatoms. The Bertz CT molecular complexity index is 670. The van der Waals surface area contributed by atoms with Gasteiger partial charge in [0.25, 0.3) is 0 Å². The molecule has 0 spiro atoms. The lowest BCUT2D eigenvalue weighted by molar-refractivity contribution is 0.131. The molecule has 0 aliphatic heterocycles. The Morgan fingerprint density at radius 1 is 1.04 bits per heavy atom. The fourth-order valence-electron chi connectivity index (χ4n) is 1.84. The minimum atomic E-state index is -0.731. The second-order valence-corrected chi connectivity index (χ2v) is 4.74. The highest BCUT2D eigenvalue weighted by molar-refractivity contribution is 6.31. The van der Waals surface area contributed by atoms with E-state index in [1.54, 1.807) is 0 Å². The summed E-state index contributed by atoms with van der Waals surface area (Å²) in [4.78, 5) is 16.0. The van der Waals surface area contributed by atoms with Crippen LogP contribution in [-0.4, -0.2) is 18.0 Å². The summed E-state index contributed by atoms with van der Waals surface area (Å²) >= 11 is 0. The van der Waals surface area contributed by atoms with E-state index in [2.05, 4.69) is 15.7 Å². The Hall–Kier alpha value is -3.15. The number of oxime groups is 1. The fourth-order valence-corrected chi connectivity index (χ4v) is 1.84. The molecular weight excluding hydrogens is 292 g/mol. The number of carbonyl (C=O) groups is 1. The van der Waals surface area contributed by atoms with Gasteiger partial charge in [-0.1, -0.05) is 65.8 Å². The summed E-state index contributed by atoms with van der Waals surface area (Å²) in [6.07, 6.45) is 1.95. The van der Waals surface area contributed by atoms with Gasteiger partial charge in [-0.15, -0.1) is 0 Å². The van der Waals surface area contributed by atoms with Gasteiger partial charge >= 0.3 is 6.03 Å². The number of primary amides is 1. The normalized spacial score (nSPS) is 11.4. The first-order valence-electron chi connectivity index (χ1n) is 7.09. The number of benzene rings is 2. The van der Waals surface area contributed by atoms with Gasteiger partial charge < -0.3 is 10.6 Å². The zero-order valence-corrected chi connectivity index (χ0v) is 12.6. The number of amides is 2. The van der Waals surface area contributed by atoms with E-state index in [0.717, 1.165) is 11.1 Å². The number of carbonyl (C=O) groups excluding carboxylic acids is 1. The van der Waals surface area contributed by atoms with Gasteiger partial charge in [0.15, 0.2) is 0 Å². The van der Waals surface area contributed by atoms with Gasteiger partial charge in [-0.3, -0.25) is 0 Å². The van der Waals surface area contributed by atoms with Crippen molar-refractivity contribution in [3.8, 4) is 0 Å². The average Bonchev–Trinajstić information content (AvgIpc) is 2.56. The van der Waals surface area contributed by atoms with Crippen molar-refractivity contribution < 1.29 is 9.63 Å². The summed E-state index contributed by atoms with van der Waals surface area (Å²) in [5.41, 5.74) is 9.76. The molecule has 0 saturated carbocycles. The maximum atomic E-state index is 10.7. The van der Waals surface area contributed by atoms with Crippen molar-refractivity contribution in [2.45, 2.75) is 13.0 Å². The molecule has 3 N–H and O–H groups in total. The molecule has 0 aliphatic rings. The van der Waals surface area contributed by atoms with Crippen LogP contribution in [0.15, 0.2) is 70.9 Å². The van der Waals surface area contributed by atoms with Crippen LogP contribution < -0.4 is 11.2 Å². The minimum absolute atomic E-state index is 0.357. The number of hydrogen-bond acceptors (Lipinski definition) is 4. The maximum absolute atomic E-state index is 10.7. The lowest BCUT2D eigenvalue weighted by Crippen LogP contribution is -2.25. The number of nitrogens with two attached hydrogens (primary N) is 1. The van der Waals surface area contributed by atoms with Crippen LogP contribution in [0.4, 0.5) is 4.79 Å². The highest BCUT2D eigenvalue weighted by atomic mass is 16.6. The predicted octanol–water partition coefficient (Wildman–Crippen LogP) is 2.46. The number of hydrogen-bond donors (Lipinski definition) is 2. The molecule has 118 valence electrons. The van der Waals surface area contributed by atoms with E-state index in [-0.39, 0.29) is 0 Å². The molecule has 2 rings (SSSR count). The molecule has 0 aromatic heterocycles. The van der Waals surface area contributed by atoms with E-state index in [4.69, 9.17) is 10.6 Å². The topological polar surface area (TPSA) is 89.1 Å². The van der Waals surface area contributed by atoms with Crippen molar-refractivity contribution in [1.29, 1.82) is 0 Å². The number of rotatable bonds is 7. The number of hydrazone groups is 1. The second-order valence-electron chi connectivity index (χ2n) is 4.74. The van der Waals surface area contributed by atoms with E-state index >= 15 is 0 Å². The molecule has 0 aliphatic carbocycles. The minimum Gasteiger partial charge on any atom is -0.391 e. The van der Waals surface area contributed by atoms with Crippen molar-refractivity contribution in [2.75, 3.05) is 0 Å². The van der Waals surface area contributed by atoms with E-state index in [1.807, 2.05) is 60.7 Å². The van der Waals surface area contributed by atoms with Crippen molar-refractivity contribution in [3.05, 3.63) is 71.8 Å². The predicted molar refractivity (Wildman–Crippen MR) is 90.0 cm³/mol. The van der Waals surface area contributed by atoms with Gasteiger partial charge in [0.2, 0.25) is 0 Å². The first kappa shape index (κ1) is 16.2. The van der Waals surface area contributed by atoms with E-state index in [1.165, 1.54) is 6.21 Å². The van der Waals surface area contributed by atoms with E-state index < -0.39 is 6.03 Å². The van der Waals surface area contributed by atoms with Crippen LogP contribution in [0.25, 0.3) is 0 Å². The third-order valence-electron chi connectivity index (χ3n) is 2.87. The van der Waals surface area contributed by atoms with Crippen LogP contribution in [0.2, 0.25) is 0 Å². The van der Waals surface area contributed by atoms with Crippen molar-refractivity contribution in [2.24, 2.45) is 16.0 Å². The summed E-state index contributed by atoms with van der Waals surface area (Å²) in [6, 6.07) is 18.8. The van der Waals surface area contributed by atoms with Crippen LogP contribution in [0.5, 0.6) is 0 Å². The molecule has 6 nitrogen and oxygen atoms in total. The van der Waals surface area contributed by atoms with Gasteiger partial charge in [0.1, 0.15) is 12.3 Å². The zero-order chi connectivity index (χ0) is 16.3. The van der Waals surface area contributed by atoms with Gasteiger partial charge in [-0.25, -0.2) is 10.2 Å². The Kier molecular flexibility index (Phi) is 6.34. The summed E-state index contributed by atoms with van der Waals surface area (Å²) in [5.74, 6) is 0. The molecule has 2 aromatic carbocycles. The Balaban J connectivity index is 2.01. The molecular formula is C17H18N4O2. The third kappa shape index (κ3) is 6.43. The van der Waals surface area contributed by atoms with Crippen LogP contribution in [0.1, 0.15) is 11.1 Å². The van der Waals surface area contributed by atoms with Crippen molar-refractivity contribution in [1.82, 2.24) is 5.43 Å². The van der Waals surface area contributed by atoms with Gasteiger partial charge in [-0.05, 0) is 11.1 Å². The zero-order valence-electron chi connectivity index (χ0n) is 12.6. The first-order chi connectivity index (χ1) is 11.2. The van der Waals surface area contributed by atoms with Crippen molar-refractivity contribution in [3.63, 3.8) is 0 Å². The first-order valence-corrected chi connectivity index (χ1v) is 7.09. The highest BCUT2D eigenvalue weighted by Crippen LogP contribution is 2.03. The Morgan fingerprint density at radius 3 is 2.26 bits per heavy atom. The van der Waals surface area contributed by atoms with Crippen molar-refractivity contribution >= 4 is 18.0 Å². The van der Waals surface area contributed by atoms with Gasteiger partial charge in [0.05, 0.1) is 6.21 Å². The van der Waals surface area contributed by atoms with Crippen LogP contribution in [0.3, 0.4) is 0 Å². The number of urea groups is 1. The maximum Gasteiger partial charge on any atom is 0.332 e. The molecule has 0 atom stereocenters. The SMILES string of the molecule is NC(=O)N/N=C/C(Cc1ccccc1)=N\OCc1ccccc1. The standard InChI is InChI=1S/C17H18N4O2/c18-17(22)20-19-12-16(11-14-7-3-1-4-8-14)21-23-13-15-9-5-2-6-10-15/h1-10,12H,11,13H2,(H3,18,20,22)/b19-12+,21-16-. The summed E-state index contributed by atoms with van der Waals surface area (Å²) in [5, 5.41) is 7.82. The smallest absolute Gasteiger partial charge is 0.332 e. The molecule has 2 amide bonds. The Morgan fingerprint density at radius 2 is 1.65 bits per heavy atom. The van der Waals surface area contributed by atoms with E-state index in [9.17, 15) is 4.79 Å². The highest BCUT2D eigenvalue weighted by Gasteiger charge is 2.01. The second kappa shape index (κ2) is 8.99. The molecule has 0 heterocycles. The monoisotopic (exact) mass is 310 g/mol. The van der Waals surface area contributed by atoms with Crippen LogP contribution in [-0.2, 0) is 17.9 Å². The quantitative estimate of drug-likeness (QED) is 0.607. The molecule has 23 heavy (non-hydrogen) atoms. The lowest BCUT2D eigenvalue weighted by Gasteiger charge is -2.03. The number of nitrogens with one attached hydrogen (secondary N) is 1. The lowest BCUT2D eigenvalue weighted by atomic mass is 10.1. The largest absolute Gasteiger partial charge is 0.391 e. The number of nitrogens with zero attached hydrogens (tertiary/aromatic N) is 2. The molecule has 0 unspecified atom stereocenters. The molecule has 0 fully saturated rings. The Labute approximate surface area is 134 Å². The molecule has 2 aromatic rings. The molecule has 0 saturated heterocycles. The average molecular weight is 310 g/mol. The van der Waals surface area contributed by atoms with Gasteiger partial charge in [0, 0.05) is 6.42 Å². The van der Waals surface area contributed by atoms with E-state index in [0.29, 0.717) is 18.7 Å². The third-order valence-corrected chi connectivity index (χ3v) is 2.87. The fraction of sp³-hybridized carbons (Fsp3) is 0.118. The summed E-state index contributed by atoms with van der Waals surface area (Å²) in [6.45, 7) is 0.357. The van der Waals surface area contributed by atoms with Gasteiger partial charge in [-0.2, -0.15) is 5.10 Å².